The number of amides is 1. The molecule has 0 bridgehead atoms. The van der Waals surface area contributed by atoms with Crippen molar-refractivity contribution in [1.82, 2.24) is 19.7 Å². The molecular weight excluding hydrogens is 445 g/mol. The molecular formula is C27H26FN5O2. The summed E-state index contributed by atoms with van der Waals surface area (Å²) in [6, 6.07) is 14.2. The molecule has 2 fully saturated rings. The van der Waals surface area contributed by atoms with Crippen LogP contribution < -0.4 is 10.6 Å². The van der Waals surface area contributed by atoms with Crippen molar-refractivity contribution >= 4 is 17.4 Å². The van der Waals surface area contributed by atoms with Crippen molar-refractivity contribution in [3.05, 3.63) is 72.3 Å². The minimum atomic E-state index is -0.291. The number of nitrogens with zero attached hydrogens (tertiary/aromatic N) is 3. The molecule has 2 N–H and O–H groups in total. The first-order chi connectivity index (χ1) is 17.1. The minimum absolute atomic E-state index is 0.0411. The molecule has 2 aromatic heterocycles. The summed E-state index contributed by atoms with van der Waals surface area (Å²) in [7, 11) is 0. The molecule has 1 unspecified atom stereocenters. The molecule has 1 aliphatic carbocycles. The van der Waals surface area contributed by atoms with E-state index < -0.39 is 0 Å². The Morgan fingerprint density at radius 2 is 1.83 bits per heavy atom. The summed E-state index contributed by atoms with van der Waals surface area (Å²) in [5.41, 5.74) is 4.65. The molecule has 0 spiro atoms. The van der Waals surface area contributed by atoms with E-state index in [2.05, 4.69) is 15.6 Å². The Hall–Kier alpha value is -3.78. The quantitative estimate of drug-likeness (QED) is 0.409. The normalized spacial score (nSPS) is 17.6. The maximum atomic E-state index is 13.5. The molecule has 1 atom stereocenters. The van der Waals surface area contributed by atoms with E-state index in [1.807, 2.05) is 41.1 Å². The molecule has 3 heterocycles. The van der Waals surface area contributed by atoms with Crippen LogP contribution in [0.25, 0.3) is 28.2 Å². The lowest BCUT2D eigenvalue weighted by Crippen LogP contribution is -2.25. The van der Waals surface area contributed by atoms with E-state index in [9.17, 15) is 9.18 Å². The first-order valence-electron chi connectivity index (χ1n) is 12.0. The highest BCUT2D eigenvalue weighted by Crippen LogP contribution is 2.29. The molecule has 8 heteroatoms. The smallest absolute Gasteiger partial charge is 0.251 e. The van der Waals surface area contributed by atoms with Crippen LogP contribution in [0.5, 0.6) is 0 Å². The number of hydrogen-bond donors (Lipinski definition) is 2. The van der Waals surface area contributed by atoms with E-state index in [0.717, 1.165) is 49.1 Å². The van der Waals surface area contributed by atoms with Crippen LogP contribution in [0.1, 0.15) is 36.0 Å². The topological polar surface area (TPSA) is 80.5 Å². The van der Waals surface area contributed by atoms with Crippen LogP contribution in [0, 0.1) is 5.82 Å². The van der Waals surface area contributed by atoms with Gasteiger partial charge in [0.15, 0.2) is 11.5 Å². The SMILES string of the molecule is O=C(NC1CC1)c1ccc(-c2cnc3c(NCC4CCCO4)nc(-c4ccc(F)cc4)cn23)cc1. The Morgan fingerprint density at radius 1 is 1.06 bits per heavy atom. The van der Waals surface area contributed by atoms with Crippen molar-refractivity contribution in [2.45, 2.75) is 37.8 Å². The lowest BCUT2D eigenvalue weighted by atomic mass is 10.1. The van der Waals surface area contributed by atoms with Gasteiger partial charge in [-0.1, -0.05) is 12.1 Å². The summed E-state index contributed by atoms with van der Waals surface area (Å²) in [6.07, 6.45) is 8.06. The van der Waals surface area contributed by atoms with Crippen molar-refractivity contribution in [3.8, 4) is 22.5 Å². The van der Waals surface area contributed by atoms with Crippen LogP contribution in [0.4, 0.5) is 10.2 Å². The number of fused-ring (bicyclic) bond motifs is 1. The van der Waals surface area contributed by atoms with Gasteiger partial charge in [0.2, 0.25) is 0 Å². The number of nitrogens with one attached hydrogen (secondary N) is 2. The third-order valence-corrected chi connectivity index (χ3v) is 6.51. The van der Waals surface area contributed by atoms with Crippen molar-refractivity contribution in [2.75, 3.05) is 18.5 Å². The molecule has 7 nitrogen and oxygen atoms in total. The predicted molar refractivity (Wildman–Crippen MR) is 132 cm³/mol. The number of ether oxygens (including phenoxy) is 1. The highest BCUT2D eigenvalue weighted by atomic mass is 19.1. The van der Waals surface area contributed by atoms with Gasteiger partial charge in [0.25, 0.3) is 5.91 Å². The van der Waals surface area contributed by atoms with Gasteiger partial charge in [0.1, 0.15) is 5.82 Å². The fourth-order valence-electron chi connectivity index (χ4n) is 4.38. The number of benzene rings is 2. The van der Waals surface area contributed by atoms with Crippen LogP contribution in [0.15, 0.2) is 60.9 Å². The minimum Gasteiger partial charge on any atom is -0.376 e. The third kappa shape index (κ3) is 4.61. The third-order valence-electron chi connectivity index (χ3n) is 6.51. The Kier molecular flexibility index (Phi) is 5.66. The van der Waals surface area contributed by atoms with Crippen molar-refractivity contribution < 1.29 is 13.9 Å². The molecule has 1 aliphatic heterocycles. The van der Waals surface area contributed by atoms with E-state index in [1.54, 1.807) is 12.1 Å². The van der Waals surface area contributed by atoms with Crippen LogP contribution in [-0.4, -0.2) is 45.6 Å². The average molecular weight is 472 g/mol. The first kappa shape index (κ1) is 21.7. The van der Waals surface area contributed by atoms with E-state index in [-0.39, 0.29) is 17.8 Å². The number of imidazole rings is 1. The van der Waals surface area contributed by atoms with Crippen LogP contribution >= 0.6 is 0 Å². The maximum absolute atomic E-state index is 13.5. The zero-order valence-electron chi connectivity index (χ0n) is 19.2. The number of anilines is 1. The number of carbonyl (C=O) groups is 1. The molecule has 2 aliphatic rings. The zero-order valence-corrected chi connectivity index (χ0v) is 19.2. The Labute approximate surface area is 202 Å². The Balaban J connectivity index is 1.36. The van der Waals surface area contributed by atoms with Gasteiger partial charge in [-0.3, -0.25) is 9.20 Å². The largest absolute Gasteiger partial charge is 0.376 e. The highest BCUT2D eigenvalue weighted by Gasteiger charge is 2.24. The second-order valence-electron chi connectivity index (χ2n) is 9.16. The number of carbonyl (C=O) groups excluding carboxylic acids is 1. The van der Waals surface area contributed by atoms with Crippen molar-refractivity contribution in [3.63, 3.8) is 0 Å². The van der Waals surface area contributed by atoms with Gasteiger partial charge in [-0.15, -0.1) is 0 Å². The van der Waals surface area contributed by atoms with Gasteiger partial charge < -0.3 is 15.4 Å². The zero-order chi connectivity index (χ0) is 23.8. The lowest BCUT2D eigenvalue weighted by molar-refractivity contribution is 0.0951. The van der Waals surface area contributed by atoms with E-state index >= 15 is 0 Å². The highest BCUT2D eigenvalue weighted by molar-refractivity contribution is 5.95. The Bertz CT molecular complexity index is 1360. The monoisotopic (exact) mass is 471 g/mol. The second kappa shape index (κ2) is 9.11. The summed E-state index contributed by atoms with van der Waals surface area (Å²) in [4.78, 5) is 21.8. The predicted octanol–water partition coefficient (Wildman–Crippen LogP) is 4.69. The maximum Gasteiger partial charge on any atom is 0.251 e. The van der Waals surface area contributed by atoms with E-state index in [4.69, 9.17) is 9.72 Å². The average Bonchev–Trinajstić information content (AvgIpc) is 3.36. The molecule has 1 amide bonds. The second-order valence-corrected chi connectivity index (χ2v) is 9.16. The van der Waals surface area contributed by atoms with Gasteiger partial charge in [-0.2, -0.15) is 0 Å². The summed E-state index contributed by atoms with van der Waals surface area (Å²) >= 11 is 0. The standard InChI is InChI=1S/C27H26FN5O2/c28-20-9-7-17(8-10-20)23-16-33-24(18-3-5-19(6-4-18)27(34)31-21-11-12-21)15-30-26(33)25(32-23)29-14-22-2-1-13-35-22/h3-10,15-16,21-22H,1-2,11-14H2,(H,29,32)(H,31,34). The fourth-order valence-corrected chi connectivity index (χ4v) is 4.38. The Morgan fingerprint density at radius 3 is 2.54 bits per heavy atom. The molecule has 35 heavy (non-hydrogen) atoms. The van der Waals surface area contributed by atoms with E-state index in [1.165, 1.54) is 12.1 Å². The molecule has 178 valence electrons. The first-order valence-corrected chi connectivity index (χ1v) is 12.0. The van der Waals surface area contributed by atoms with Gasteiger partial charge >= 0.3 is 0 Å². The molecule has 1 saturated heterocycles. The van der Waals surface area contributed by atoms with Crippen LogP contribution in [0.2, 0.25) is 0 Å². The van der Waals surface area contributed by atoms with Crippen molar-refractivity contribution in [2.24, 2.45) is 0 Å². The van der Waals surface area contributed by atoms with Gasteiger partial charge in [-0.25, -0.2) is 14.4 Å². The van der Waals surface area contributed by atoms with E-state index in [0.29, 0.717) is 35.3 Å². The molecule has 2 aromatic carbocycles. The van der Waals surface area contributed by atoms with Crippen LogP contribution in [-0.2, 0) is 4.74 Å². The van der Waals surface area contributed by atoms with Gasteiger partial charge in [-0.05, 0) is 62.1 Å². The number of hydrogen-bond acceptors (Lipinski definition) is 5. The molecule has 1 saturated carbocycles. The summed E-state index contributed by atoms with van der Waals surface area (Å²) < 4.78 is 21.3. The number of aromatic nitrogens is 3. The van der Waals surface area contributed by atoms with Gasteiger partial charge in [0.05, 0.1) is 23.7 Å². The summed E-state index contributed by atoms with van der Waals surface area (Å²) in [5.74, 6) is 0.315. The van der Waals surface area contributed by atoms with Gasteiger partial charge in [0, 0.05) is 42.1 Å². The fraction of sp³-hybridized carbons (Fsp3) is 0.296. The van der Waals surface area contributed by atoms with Crippen molar-refractivity contribution in [1.29, 1.82) is 0 Å². The van der Waals surface area contributed by atoms with Crippen LogP contribution in [0.3, 0.4) is 0 Å². The summed E-state index contributed by atoms with van der Waals surface area (Å²) in [5, 5.41) is 6.44. The molecule has 0 radical (unpaired) electrons. The lowest BCUT2D eigenvalue weighted by Gasteiger charge is -2.14. The molecule has 6 rings (SSSR count). The summed E-state index contributed by atoms with van der Waals surface area (Å²) in [6.45, 7) is 1.43. The number of rotatable bonds is 7. The number of halogens is 1. The molecule has 4 aromatic rings.